The smallest absolute Gasteiger partial charge is 0.362 e. The van der Waals surface area contributed by atoms with Crippen LogP contribution in [-0.4, -0.2) is 34.1 Å². The van der Waals surface area contributed by atoms with E-state index in [-0.39, 0.29) is 0 Å². The monoisotopic (exact) mass is 168 g/mol. The van der Waals surface area contributed by atoms with Crippen molar-refractivity contribution in [1.82, 2.24) is 0 Å². The zero-order valence-corrected chi connectivity index (χ0v) is 6.46. The molecular formula is C3H8N2O4S. The van der Waals surface area contributed by atoms with E-state index in [9.17, 15) is 8.42 Å². The quantitative estimate of drug-likeness (QED) is 0.314. The van der Waals surface area contributed by atoms with Crippen molar-refractivity contribution in [3.63, 3.8) is 0 Å². The van der Waals surface area contributed by atoms with Gasteiger partial charge in [-0.1, -0.05) is 0 Å². The molecular weight excluding hydrogens is 160 g/mol. The van der Waals surface area contributed by atoms with Gasteiger partial charge in [0.2, 0.25) is 6.72 Å². The first-order valence-corrected chi connectivity index (χ1v) is 3.33. The summed E-state index contributed by atoms with van der Waals surface area (Å²) in [6, 6.07) is 0. The highest BCUT2D eigenvalue weighted by atomic mass is 32.3. The minimum atomic E-state index is -3.66. The van der Waals surface area contributed by atoms with Gasteiger partial charge in [0.25, 0.3) is 0 Å². The third kappa shape index (κ3) is 10.3. The van der Waals surface area contributed by atoms with Crippen LogP contribution in [0.3, 0.4) is 0 Å². The molecule has 0 heterocycles. The van der Waals surface area contributed by atoms with Gasteiger partial charge in [-0.05, 0) is 0 Å². The maximum atomic E-state index is 9.92. The lowest BCUT2D eigenvalue weighted by Crippen LogP contribution is -2.02. The fourth-order valence-corrected chi connectivity index (χ4v) is 0.204. The maximum absolute atomic E-state index is 9.92. The van der Waals surface area contributed by atoms with Crippen LogP contribution in [0.2, 0.25) is 0 Å². The van der Waals surface area contributed by atoms with Crippen molar-refractivity contribution >= 4 is 17.1 Å². The highest BCUT2D eigenvalue weighted by Crippen LogP contribution is 1.85. The highest BCUT2D eigenvalue weighted by Gasteiger charge is 2.01. The number of nitrogens with zero attached hydrogens (tertiary/aromatic N) is 2. The molecule has 0 aromatic rings. The normalized spacial score (nSPS) is 9.00. The summed E-state index contributed by atoms with van der Waals surface area (Å²) in [4.78, 5) is 2.25. The van der Waals surface area contributed by atoms with Gasteiger partial charge in [-0.15, -0.1) is 0 Å². The molecule has 60 valence electrons. The molecule has 7 heteroatoms. The fourth-order valence-electron chi connectivity index (χ4n) is 0.0680. The van der Waals surface area contributed by atoms with Crippen LogP contribution < -0.4 is 0 Å². The molecule has 0 saturated carbocycles. The molecule has 0 rings (SSSR count). The van der Waals surface area contributed by atoms with Crippen LogP contribution in [0.15, 0.2) is 0 Å². The van der Waals surface area contributed by atoms with Crippen molar-refractivity contribution in [2.75, 3.05) is 14.2 Å². The van der Waals surface area contributed by atoms with Crippen molar-refractivity contribution in [3.05, 3.63) is 5.53 Å². The van der Waals surface area contributed by atoms with E-state index in [1.807, 2.05) is 0 Å². The second-order valence-corrected chi connectivity index (χ2v) is 2.37. The zero-order chi connectivity index (χ0) is 8.62. The number of hydrogen-bond acceptors (Lipinski definition) is 4. The first kappa shape index (κ1) is 12.0. The van der Waals surface area contributed by atoms with Crippen molar-refractivity contribution < 1.29 is 21.6 Å². The lowest BCUT2D eigenvalue weighted by atomic mass is 11.8. The second kappa shape index (κ2) is 6.37. The molecule has 0 unspecified atom stereocenters. The molecule has 0 aliphatic heterocycles. The van der Waals surface area contributed by atoms with Gasteiger partial charge in [-0.3, -0.25) is 8.37 Å². The first-order chi connectivity index (χ1) is 4.54. The Hall–Kier alpha value is -0.750. The van der Waals surface area contributed by atoms with Crippen LogP contribution in [0, 0.1) is 0 Å². The van der Waals surface area contributed by atoms with E-state index in [1.54, 1.807) is 0 Å². The van der Waals surface area contributed by atoms with Gasteiger partial charge in [-0.25, -0.2) is 0 Å². The molecule has 0 aromatic heterocycles. The van der Waals surface area contributed by atoms with Gasteiger partial charge in [0.1, 0.15) is 0 Å². The zero-order valence-electron chi connectivity index (χ0n) is 5.64. The Morgan fingerprint density at radius 3 is 1.60 bits per heavy atom. The molecule has 0 N–H and O–H groups in total. The largest absolute Gasteiger partial charge is 0.399 e. The van der Waals surface area contributed by atoms with Crippen LogP contribution in [0.25, 0.3) is 5.53 Å². The summed E-state index contributed by atoms with van der Waals surface area (Å²) in [6.45, 7) is 2.67. The molecule has 6 nitrogen and oxygen atoms in total. The predicted octanol–water partition coefficient (Wildman–Crippen LogP) is -0.559. The summed E-state index contributed by atoms with van der Waals surface area (Å²) < 4.78 is 27.5. The standard InChI is InChI=1S/C2H6O4S.CH2N2/c1-5-7(3,4)6-2;1-3-2/h1-2H3;1H2. The van der Waals surface area contributed by atoms with Gasteiger partial charge in [-0.2, -0.15) is 13.2 Å². The lowest BCUT2D eigenvalue weighted by Gasteiger charge is -1.91. The van der Waals surface area contributed by atoms with Crippen LogP contribution in [0.1, 0.15) is 0 Å². The van der Waals surface area contributed by atoms with E-state index in [4.69, 9.17) is 5.53 Å². The van der Waals surface area contributed by atoms with Crippen molar-refractivity contribution in [2.24, 2.45) is 0 Å². The van der Waals surface area contributed by atoms with Crippen LogP contribution in [-0.2, 0) is 18.8 Å². The summed E-state index contributed by atoms with van der Waals surface area (Å²) in [5.41, 5.74) is 7.08. The average molecular weight is 168 g/mol. The van der Waals surface area contributed by atoms with Gasteiger partial charge >= 0.3 is 10.4 Å². The summed E-state index contributed by atoms with van der Waals surface area (Å²) in [5, 5.41) is 0. The van der Waals surface area contributed by atoms with Crippen molar-refractivity contribution in [3.8, 4) is 0 Å². The molecule has 0 fully saturated rings. The van der Waals surface area contributed by atoms with E-state index < -0.39 is 10.4 Å². The maximum Gasteiger partial charge on any atom is 0.399 e. The van der Waals surface area contributed by atoms with E-state index in [0.29, 0.717) is 0 Å². The summed E-state index contributed by atoms with van der Waals surface area (Å²) in [7, 11) is -1.60. The minimum Gasteiger partial charge on any atom is -0.362 e. The first-order valence-electron chi connectivity index (χ1n) is 2.00. The van der Waals surface area contributed by atoms with Crippen LogP contribution in [0.5, 0.6) is 0 Å². The third-order valence-corrected chi connectivity index (χ3v) is 1.22. The summed E-state index contributed by atoms with van der Waals surface area (Å²) >= 11 is 0. The van der Waals surface area contributed by atoms with E-state index >= 15 is 0 Å². The topological polar surface area (TPSA) is 89.0 Å². The molecule has 0 saturated heterocycles. The Labute approximate surface area is 59.3 Å². The van der Waals surface area contributed by atoms with Gasteiger partial charge in [0.15, 0.2) is 0 Å². The molecule has 0 atom stereocenters. The molecule has 0 spiro atoms. The third-order valence-electron chi connectivity index (χ3n) is 0.408. The fraction of sp³-hybridized carbons (Fsp3) is 0.667. The van der Waals surface area contributed by atoms with E-state index in [1.165, 1.54) is 0 Å². The molecule has 0 amide bonds. The number of rotatable bonds is 2. The molecule has 0 aliphatic carbocycles. The summed E-state index contributed by atoms with van der Waals surface area (Å²) in [5.74, 6) is 0. The molecule has 10 heavy (non-hydrogen) atoms. The second-order valence-electron chi connectivity index (χ2n) is 0.883. The summed E-state index contributed by atoms with van der Waals surface area (Å²) in [6.07, 6.45) is 0. The van der Waals surface area contributed by atoms with Crippen molar-refractivity contribution in [2.45, 2.75) is 0 Å². The Balaban J connectivity index is 0. The SMILES string of the molecule is C=[N+]=[N-].COS(=O)(=O)OC. The van der Waals surface area contributed by atoms with E-state index in [2.05, 4.69) is 19.9 Å². The average Bonchev–Trinajstić information content (AvgIpc) is 1.90. The molecule has 0 aromatic carbocycles. The molecule has 0 bridgehead atoms. The highest BCUT2D eigenvalue weighted by molar-refractivity contribution is 7.81. The van der Waals surface area contributed by atoms with Gasteiger partial charge < -0.3 is 5.53 Å². The Morgan fingerprint density at radius 1 is 1.40 bits per heavy atom. The van der Waals surface area contributed by atoms with E-state index in [0.717, 1.165) is 14.2 Å². The Bertz CT molecular complexity index is 181. The molecule has 0 radical (unpaired) electrons. The van der Waals surface area contributed by atoms with Crippen LogP contribution in [0.4, 0.5) is 0 Å². The Morgan fingerprint density at radius 2 is 1.60 bits per heavy atom. The molecule has 0 aliphatic rings. The number of hydrogen-bond donors (Lipinski definition) is 0. The van der Waals surface area contributed by atoms with Gasteiger partial charge in [0.05, 0.1) is 14.2 Å². The lowest BCUT2D eigenvalue weighted by molar-refractivity contribution is 0.0110. The minimum absolute atomic E-state index is 1.03. The Kier molecular flexibility index (Phi) is 7.63. The van der Waals surface area contributed by atoms with Gasteiger partial charge in [0, 0.05) is 0 Å². The van der Waals surface area contributed by atoms with Crippen LogP contribution >= 0.6 is 0 Å². The van der Waals surface area contributed by atoms with Crippen molar-refractivity contribution in [1.29, 1.82) is 0 Å². The predicted molar refractivity (Wildman–Crippen MR) is 33.7 cm³/mol.